The number of carbonyl (C=O) groups excluding carboxylic acids is 1. The molecule has 0 bridgehead atoms. The van der Waals surface area contributed by atoms with E-state index >= 15 is 0 Å². The Balaban J connectivity index is 1.56. The zero-order chi connectivity index (χ0) is 27.2. The zero-order valence-electron chi connectivity index (χ0n) is 21.7. The number of nitrogens with zero attached hydrogens (tertiary/aromatic N) is 3. The molecular formula is C29H29BrN4O4. The average Bonchev–Trinajstić information content (AvgIpc) is 2.89. The second-order valence-corrected chi connectivity index (χ2v) is 9.91. The van der Waals surface area contributed by atoms with Crippen molar-refractivity contribution in [2.75, 3.05) is 18.5 Å². The minimum atomic E-state index is -0.280. The standard InChI is InChI=1S/C29H29BrN4O4/c1-5-37-26-14-20(8-13-25(26)38-17-27(35)32-22-10-6-19(4)7-11-22)16-31-34-28(18(2)3)33-24-12-9-21(30)15-23(24)29(34)36/h6-16,18H,5,17H2,1-4H3,(H,32,35). The molecule has 1 heterocycles. The number of halogens is 1. The second-order valence-electron chi connectivity index (χ2n) is 8.99. The van der Waals surface area contributed by atoms with Crippen LogP contribution in [-0.2, 0) is 4.79 Å². The highest BCUT2D eigenvalue weighted by atomic mass is 79.9. The van der Waals surface area contributed by atoms with Crippen molar-refractivity contribution >= 4 is 44.6 Å². The molecule has 0 spiro atoms. The van der Waals surface area contributed by atoms with E-state index in [2.05, 4.69) is 31.3 Å². The fourth-order valence-corrected chi connectivity index (χ4v) is 4.11. The normalized spacial score (nSPS) is 11.3. The van der Waals surface area contributed by atoms with Gasteiger partial charge in [-0.1, -0.05) is 47.5 Å². The number of nitrogens with one attached hydrogen (secondary N) is 1. The van der Waals surface area contributed by atoms with E-state index in [-0.39, 0.29) is 24.0 Å². The van der Waals surface area contributed by atoms with Crippen molar-refractivity contribution in [3.8, 4) is 11.5 Å². The van der Waals surface area contributed by atoms with Gasteiger partial charge >= 0.3 is 0 Å². The Morgan fingerprint density at radius 3 is 2.55 bits per heavy atom. The summed E-state index contributed by atoms with van der Waals surface area (Å²) < 4.78 is 13.6. The van der Waals surface area contributed by atoms with Gasteiger partial charge in [0.15, 0.2) is 18.1 Å². The van der Waals surface area contributed by atoms with Gasteiger partial charge in [-0.3, -0.25) is 9.59 Å². The van der Waals surface area contributed by atoms with Crippen molar-refractivity contribution in [3.05, 3.63) is 92.4 Å². The van der Waals surface area contributed by atoms with Gasteiger partial charge in [0.05, 0.1) is 23.7 Å². The van der Waals surface area contributed by atoms with Gasteiger partial charge in [0.2, 0.25) is 0 Å². The third-order valence-corrected chi connectivity index (χ3v) is 6.13. The summed E-state index contributed by atoms with van der Waals surface area (Å²) >= 11 is 3.42. The van der Waals surface area contributed by atoms with Crippen LogP contribution in [-0.4, -0.2) is 35.0 Å². The van der Waals surface area contributed by atoms with Crippen molar-refractivity contribution < 1.29 is 14.3 Å². The second kappa shape index (κ2) is 12.0. The number of benzene rings is 3. The Morgan fingerprint density at radius 1 is 1.08 bits per heavy atom. The highest BCUT2D eigenvalue weighted by Gasteiger charge is 2.14. The molecule has 0 aliphatic rings. The molecule has 0 radical (unpaired) electrons. The number of amides is 1. The lowest BCUT2D eigenvalue weighted by molar-refractivity contribution is -0.118. The molecule has 0 fully saturated rings. The topological polar surface area (TPSA) is 94.8 Å². The van der Waals surface area contributed by atoms with Crippen molar-refractivity contribution in [1.29, 1.82) is 0 Å². The van der Waals surface area contributed by atoms with Crippen LogP contribution in [0.15, 0.2) is 75.0 Å². The maximum atomic E-state index is 13.3. The summed E-state index contributed by atoms with van der Waals surface area (Å²) in [5.74, 6) is 1.16. The maximum absolute atomic E-state index is 13.3. The van der Waals surface area contributed by atoms with Crippen LogP contribution in [0.2, 0.25) is 0 Å². The van der Waals surface area contributed by atoms with Gasteiger partial charge in [-0.15, -0.1) is 0 Å². The Labute approximate surface area is 229 Å². The lowest BCUT2D eigenvalue weighted by atomic mass is 10.2. The number of aromatic nitrogens is 2. The first-order valence-corrected chi connectivity index (χ1v) is 13.1. The predicted molar refractivity (Wildman–Crippen MR) is 154 cm³/mol. The molecule has 1 aromatic heterocycles. The molecule has 0 saturated carbocycles. The largest absolute Gasteiger partial charge is 0.490 e. The molecule has 196 valence electrons. The van der Waals surface area contributed by atoms with E-state index in [1.54, 1.807) is 30.5 Å². The molecule has 1 N–H and O–H groups in total. The van der Waals surface area contributed by atoms with Crippen molar-refractivity contribution in [1.82, 2.24) is 9.66 Å². The van der Waals surface area contributed by atoms with Crippen LogP contribution in [0.4, 0.5) is 5.69 Å². The van der Waals surface area contributed by atoms with Crippen LogP contribution in [0.25, 0.3) is 10.9 Å². The predicted octanol–water partition coefficient (Wildman–Crippen LogP) is 5.89. The molecule has 8 nitrogen and oxygen atoms in total. The van der Waals surface area contributed by atoms with Crippen LogP contribution in [0.3, 0.4) is 0 Å². The first-order chi connectivity index (χ1) is 18.2. The Morgan fingerprint density at radius 2 is 1.84 bits per heavy atom. The fourth-order valence-electron chi connectivity index (χ4n) is 3.75. The van der Waals surface area contributed by atoms with Gasteiger partial charge in [0.1, 0.15) is 5.82 Å². The number of fused-ring (bicyclic) bond motifs is 1. The van der Waals surface area contributed by atoms with Crippen LogP contribution in [0.5, 0.6) is 11.5 Å². The number of ether oxygens (including phenoxy) is 2. The van der Waals surface area contributed by atoms with Crippen molar-refractivity contribution in [3.63, 3.8) is 0 Å². The van der Waals surface area contributed by atoms with E-state index in [0.717, 1.165) is 10.0 Å². The molecule has 9 heteroatoms. The molecule has 1 amide bonds. The van der Waals surface area contributed by atoms with Gasteiger partial charge < -0.3 is 14.8 Å². The molecule has 0 saturated heterocycles. The van der Waals surface area contributed by atoms with Gasteiger partial charge in [0, 0.05) is 16.1 Å². The van der Waals surface area contributed by atoms with Crippen LogP contribution < -0.4 is 20.3 Å². The molecular weight excluding hydrogens is 548 g/mol. The van der Waals surface area contributed by atoms with Crippen molar-refractivity contribution in [2.24, 2.45) is 5.10 Å². The van der Waals surface area contributed by atoms with E-state index < -0.39 is 0 Å². The van der Waals surface area contributed by atoms with Crippen molar-refractivity contribution in [2.45, 2.75) is 33.6 Å². The zero-order valence-corrected chi connectivity index (χ0v) is 23.3. The van der Waals surface area contributed by atoms with Gasteiger partial charge in [0.25, 0.3) is 11.5 Å². The molecule has 38 heavy (non-hydrogen) atoms. The number of aryl methyl sites for hydroxylation is 1. The maximum Gasteiger partial charge on any atom is 0.282 e. The fraction of sp³-hybridized carbons (Fsp3) is 0.241. The monoisotopic (exact) mass is 576 g/mol. The highest BCUT2D eigenvalue weighted by molar-refractivity contribution is 9.10. The lowest BCUT2D eigenvalue weighted by Gasteiger charge is -2.13. The Hall–Kier alpha value is -3.98. The van der Waals surface area contributed by atoms with E-state index in [4.69, 9.17) is 9.47 Å². The van der Waals surface area contributed by atoms with E-state index in [1.165, 1.54) is 4.68 Å². The van der Waals surface area contributed by atoms with Gasteiger partial charge in [-0.25, -0.2) is 4.98 Å². The Kier molecular flexibility index (Phi) is 8.58. The summed E-state index contributed by atoms with van der Waals surface area (Å²) in [6.45, 7) is 8.01. The minimum absolute atomic E-state index is 0.0197. The number of hydrogen-bond acceptors (Lipinski definition) is 6. The van der Waals surface area contributed by atoms with E-state index in [1.807, 2.05) is 64.1 Å². The molecule has 4 aromatic rings. The summed E-state index contributed by atoms with van der Waals surface area (Å²) in [7, 11) is 0. The number of hydrogen-bond donors (Lipinski definition) is 1. The third kappa shape index (κ3) is 6.47. The number of anilines is 1. The van der Waals surface area contributed by atoms with Crippen LogP contribution in [0, 0.1) is 6.92 Å². The number of carbonyl (C=O) groups is 1. The van der Waals surface area contributed by atoms with Crippen LogP contribution >= 0.6 is 15.9 Å². The summed E-state index contributed by atoms with van der Waals surface area (Å²) in [6.07, 6.45) is 1.58. The molecule has 3 aromatic carbocycles. The van der Waals surface area contributed by atoms with E-state index in [0.29, 0.717) is 46.1 Å². The quantitative estimate of drug-likeness (QED) is 0.251. The highest BCUT2D eigenvalue weighted by Crippen LogP contribution is 2.28. The lowest BCUT2D eigenvalue weighted by Crippen LogP contribution is -2.23. The summed E-state index contributed by atoms with van der Waals surface area (Å²) in [5, 5.41) is 7.76. The molecule has 0 aliphatic carbocycles. The first-order valence-electron chi connectivity index (χ1n) is 12.3. The molecule has 0 aliphatic heterocycles. The third-order valence-electron chi connectivity index (χ3n) is 5.63. The van der Waals surface area contributed by atoms with Gasteiger partial charge in [-0.2, -0.15) is 9.78 Å². The minimum Gasteiger partial charge on any atom is -0.490 e. The molecule has 0 unspecified atom stereocenters. The number of rotatable bonds is 9. The summed E-state index contributed by atoms with van der Waals surface area (Å²) in [6, 6.07) is 18.2. The molecule has 4 rings (SSSR count). The SMILES string of the molecule is CCOc1cc(C=Nn2c(C(C)C)nc3ccc(Br)cc3c2=O)ccc1OCC(=O)Nc1ccc(C)cc1. The average molecular weight is 577 g/mol. The van der Waals surface area contributed by atoms with Gasteiger partial charge in [-0.05, 0) is 67.9 Å². The molecule has 0 atom stereocenters. The first kappa shape index (κ1) is 27.1. The van der Waals surface area contributed by atoms with Crippen LogP contribution in [0.1, 0.15) is 43.6 Å². The summed E-state index contributed by atoms with van der Waals surface area (Å²) in [4.78, 5) is 30.3. The Bertz CT molecular complexity index is 1550. The summed E-state index contributed by atoms with van der Waals surface area (Å²) in [5.41, 5.74) is 2.88. The smallest absolute Gasteiger partial charge is 0.282 e. The van der Waals surface area contributed by atoms with E-state index in [9.17, 15) is 9.59 Å².